The number of carbonyl (C=O) groups excluding carboxylic acids is 1. The molecule has 0 bridgehead atoms. The van der Waals surface area contributed by atoms with Crippen molar-refractivity contribution in [1.82, 2.24) is 0 Å². The molecule has 2 N–H and O–H groups in total. The summed E-state index contributed by atoms with van der Waals surface area (Å²) < 4.78 is 5.67. The number of ether oxygens (including phenoxy) is 1. The minimum atomic E-state index is -0.434. The van der Waals surface area contributed by atoms with Crippen molar-refractivity contribution in [1.29, 1.82) is 0 Å². The molecule has 0 aliphatic carbocycles. The van der Waals surface area contributed by atoms with Gasteiger partial charge < -0.3 is 15.4 Å². The summed E-state index contributed by atoms with van der Waals surface area (Å²) in [5.74, 6) is -0.434. The number of nitrogens with one attached hydrogen (secondary N) is 2. The average Bonchev–Trinajstić information content (AvgIpc) is 2.96. The fourth-order valence-corrected chi connectivity index (χ4v) is 4.59. The van der Waals surface area contributed by atoms with E-state index in [1.165, 1.54) is 24.0 Å². The molecule has 0 saturated heterocycles. The number of para-hydroxylation sites is 1. The molecule has 0 amide bonds. The van der Waals surface area contributed by atoms with Crippen molar-refractivity contribution in [2.45, 2.75) is 26.2 Å². The van der Waals surface area contributed by atoms with Gasteiger partial charge in [-0.2, -0.15) is 0 Å². The molecule has 0 aliphatic rings. The first-order valence-corrected chi connectivity index (χ1v) is 10.3. The SMILES string of the molecule is COC(=O)c1sc2cc(NC(=S)Nc3ccccc3C(C)(C)C)ccc2c1Cl. The summed E-state index contributed by atoms with van der Waals surface area (Å²) in [5.41, 5.74) is 2.96. The van der Waals surface area contributed by atoms with Crippen molar-refractivity contribution in [2.75, 3.05) is 17.7 Å². The maximum atomic E-state index is 11.8. The van der Waals surface area contributed by atoms with E-state index in [9.17, 15) is 4.79 Å². The lowest BCUT2D eigenvalue weighted by molar-refractivity contribution is 0.0606. The van der Waals surface area contributed by atoms with E-state index in [4.69, 9.17) is 28.6 Å². The van der Waals surface area contributed by atoms with Crippen molar-refractivity contribution < 1.29 is 9.53 Å². The Morgan fingerprint density at radius 1 is 1.14 bits per heavy atom. The quantitative estimate of drug-likeness (QED) is 0.368. The second-order valence-corrected chi connectivity index (χ2v) is 9.16. The van der Waals surface area contributed by atoms with Crippen molar-refractivity contribution in [3.63, 3.8) is 0 Å². The van der Waals surface area contributed by atoms with E-state index < -0.39 is 5.97 Å². The Hall–Kier alpha value is -2.15. The summed E-state index contributed by atoms with van der Waals surface area (Å²) in [5, 5.41) is 8.20. The molecule has 0 saturated carbocycles. The van der Waals surface area contributed by atoms with E-state index in [1.54, 1.807) is 0 Å². The van der Waals surface area contributed by atoms with Crippen LogP contribution in [-0.4, -0.2) is 18.2 Å². The average molecular weight is 433 g/mol. The van der Waals surface area contributed by atoms with Gasteiger partial charge in [-0.3, -0.25) is 0 Å². The molecule has 0 unspecified atom stereocenters. The number of carbonyl (C=O) groups is 1. The zero-order chi connectivity index (χ0) is 20.5. The molecule has 0 atom stereocenters. The van der Waals surface area contributed by atoms with Crippen LogP contribution < -0.4 is 10.6 Å². The van der Waals surface area contributed by atoms with Gasteiger partial charge in [-0.1, -0.05) is 50.6 Å². The van der Waals surface area contributed by atoms with Crippen LogP contribution in [0.4, 0.5) is 11.4 Å². The van der Waals surface area contributed by atoms with Crippen LogP contribution in [-0.2, 0) is 10.2 Å². The van der Waals surface area contributed by atoms with Crippen LogP contribution in [0.3, 0.4) is 0 Å². The minimum Gasteiger partial charge on any atom is -0.465 e. The highest BCUT2D eigenvalue weighted by atomic mass is 35.5. The number of thiocarbonyl (C=S) groups is 1. The highest BCUT2D eigenvalue weighted by Crippen LogP contribution is 2.37. The normalized spacial score (nSPS) is 11.3. The number of fused-ring (bicyclic) bond motifs is 1. The standard InChI is InChI=1S/C21H21ClN2O2S2/c1-21(2,3)14-7-5-6-8-15(14)24-20(27)23-12-9-10-13-16(11-12)28-18(17(13)22)19(25)26-4/h5-11H,1-4H3,(H2,23,24,27). The van der Waals surface area contributed by atoms with Gasteiger partial charge in [0.15, 0.2) is 5.11 Å². The first-order valence-electron chi connectivity index (χ1n) is 8.68. The molecule has 0 spiro atoms. The van der Waals surface area contributed by atoms with Gasteiger partial charge in [-0.15, -0.1) is 11.3 Å². The van der Waals surface area contributed by atoms with Gasteiger partial charge >= 0.3 is 5.97 Å². The fraction of sp³-hybridized carbons (Fsp3) is 0.238. The zero-order valence-electron chi connectivity index (χ0n) is 16.1. The summed E-state index contributed by atoms with van der Waals surface area (Å²) in [6.07, 6.45) is 0. The first-order chi connectivity index (χ1) is 13.2. The number of hydrogen-bond donors (Lipinski definition) is 2. The lowest BCUT2D eigenvalue weighted by atomic mass is 9.86. The van der Waals surface area contributed by atoms with Gasteiger partial charge in [-0.25, -0.2) is 4.79 Å². The molecule has 1 heterocycles. The summed E-state index contributed by atoms with van der Waals surface area (Å²) in [7, 11) is 1.34. The molecule has 7 heteroatoms. The first kappa shape index (κ1) is 20.6. The van der Waals surface area contributed by atoms with Crippen LogP contribution >= 0.6 is 35.2 Å². The largest absolute Gasteiger partial charge is 0.465 e. The van der Waals surface area contributed by atoms with Crippen molar-refractivity contribution in [3.8, 4) is 0 Å². The predicted octanol–water partition coefficient (Wildman–Crippen LogP) is 6.45. The van der Waals surface area contributed by atoms with E-state index in [0.717, 1.165) is 21.5 Å². The molecule has 1 aromatic heterocycles. The smallest absolute Gasteiger partial charge is 0.349 e. The fourth-order valence-electron chi connectivity index (χ4n) is 2.90. The Morgan fingerprint density at radius 2 is 1.86 bits per heavy atom. The van der Waals surface area contributed by atoms with E-state index in [-0.39, 0.29) is 5.41 Å². The van der Waals surface area contributed by atoms with Crippen LogP contribution in [0.25, 0.3) is 10.1 Å². The minimum absolute atomic E-state index is 0.00385. The summed E-state index contributed by atoms with van der Waals surface area (Å²) >= 11 is 13.1. The Labute approximate surface area is 178 Å². The number of benzene rings is 2. The Bertz CT molecular complexity index is 1050. The second-order valence-electron chi connectivity index (χ2n) is 7.32. The summed E-state index contributed by atoms with van der Waals surface area (Å²) in [4.78, 5) is 12.2. The number of esters is 1. The zero-order valence-corrected chi connectivity index (χ0v) is 18.4. The third-order valence-electron chi connectivity index (χ3n) is 4.24. The van der Waals surface area contributed by atoms with Crippen molar-refractivity contribution in [2.24, 2.45) is 0 Å². The molecule has 0 fully saturated rings. The summed E-state index contributed by atoms with van der Waals surface area (Å²) in [6, 6.07) is 13.8. The highest BCUT2D eigenvalue weighted by molar-refractivity contribution is 7.80. The molecular formula is C21H21ClN2O2S2. The third-order valence-corrected chi connectivity index (χ3v) is 6.08. The van der Waals surface area contributed by atoms with Crippen LogP contribution in [0.15, 0.2) is 42.5 Å². The van der Waals surface area contributed by atoms with Crippen molar-refractivity contribution >= 4 is 67.7 Å². The lowest BCUT2D eigenvalue weighted by Gasteiger charge is -2.23. The number of rotatable bonds is 3. The van der Waals surface area contributed by atoms with Gasteiger partial charge in [0.25, 0.3) is 0 Å². The van der Waals surface area contributed by atoms with Gasteiger partial charge in [0, 0.05) is 21.5 Å². The molecule has 0 radical (unpaired) electrons. The number of anilines is 2. The van der Waals surface area contributed by atoms with Gasteiger partial charge in [0.05, 0.1) is 12.1 Å². The predicted molar refractivity (Wildman–Crippen MR) is 123 cm³/mol. The van der Waals surface area contributed by atoms with E-state index in [1.807, 2.05) is 36.4 Å². The molecule has 2 aromatic carbocycles. The number of halogens is 1. The number of hydrogen-bond acceptors (Lipinski definition) is 4. The highest BCUT2D eigenvalue weighted by Gasteiger charge is 2.19. The molecule has 146 valence electrons. The topological polar surface area (TPSA) is 50.4 Å². The number of methoxy groups -OCH3 is 1. The van der Waals surface area contributed by atoms with Crippen LogP contribution in [0.1, 0.15) is 36.0 Å². The number of thiophene rings is 1. The Kier molecular flexibility index (Phi) is 5.93. The third kappa shape index (κ3) is 4.29. The molecular weight excluding hydrogens is 412 g/mol. The van der Waals surface area contributed by atoms with Gasteiger partial charge in [0.1, 0.15) is 4.88 Å². The molecule has 4 nitrogen and oxygen atoms in total. The lowest BCUT2D eigenvalue weighted by Crippen LogP contribution is -2.22. The molecule has 3 aromatic rings. The monoisotopic (exact) mass is 432 g/mol. The van der Waals surface area contributed by atoms with E-state index >= 15 is 0 Å². The Balaban J connectivity index is 1.82. The summed E-state index contributed by atoms with van der Waals surface area (Å²) in [6.45, 7) is 6.49. The Morgan fingerprint density at radius 3 is 2.54 bits per heavy atom. The van der Waals surface area contributed by atoms with E-state index in [0.29, 0.717) is 15.0 Å². The molecule has 0 aliphatic heterocycles. The van der Waals surface area contributed by atoms with Crippen LogP contribution in [0.5, 0.6) is 0 Å². The van der Waals surface area contributed by atoms with Crippen LogP contribution in [0, 0.1) is 0 Å². The maximum Gasteiger partial charge on any atom is 0.349 e. The second kappa shape index (κ2) is 8.07. The van der Waals surface area contributed by atoms with Gasteiger partial charge in [0.2, 0.25) is 0 Å². The maximum absolute atomic E-state index is 11.8. The molecule has 3 rings (SSSR count). The van der Waals surface area contributed by atoms with Crippen molar-refractivity contribution in [3.05, 3.63) is 57.9 Å². The van der Waals surface area contributed by atoms with Gasteiger partial charge in [-0.05, 0) is 47.5 Å². The molecule has 28 heavy (non-hydrogen) atoms. The van der Waals surface area contributed by atoms with Crippen LogP contribution in [0.2, 0.25) is 5.02 Å². The van der Waals surface area contributed by atoms with E-state index in [2.05, 4.69) is 37.5 Å².